The number of hydrogen-bond donors (Lipinski definition) is 1. The summed E-state index contributed by atoms with van der Waals surface area (Å²) < 4.78 is 18.2. The lowest BCUT2D eigenvalue weighted by Crippen LogP contribution is -2.36. The smallest absolute Gasteiger partial charge is 0.258 e. The van der Waals surface area contributed by atoms with E-state index in [0.29, 0.717) is 5.75 Å². The third-order valence-corrected chi connectivity index (χ3v) is 3.66. The van der Waals surface area contributed by atoms with E-state index in [2.05, 4.69) is 17.4 Å². The number of hydrogen-bond acceptors (Lipinski definition) is 2. The summed E-state index contributed by atoms with van der Waals surface area (Å²) in [4.78, 5) is 11.9. The van der Waals surface area contributed by atoms with Crippen LogP contribution in [0.4, 0.5) is 4.39 Å². The number of amides is 1. The summed E-state index contributed by atoms with van der Waals surface area (Å²) in [6.07, 6.45) is 1.74. The van der Waals surface area contributed by atoms with Gasteiger partial charge in [-0.15, -0.1) is 0 Å². The summed E-state index contributed by atoms with van der Waals surface area (Å²) in [6.45, 7) is 1.80. The number of benzene rings is 2. The number of nitrogens with one attached hydrogen (secondary N) is 1. The van der Waals surface area contributed by atoms with E-state index in [4.69, 9.17) is 16.3 Å². The molecule has 23 heavy (non-hydrogen) atoms. The highest BCUT2D eigenvalue weighted by atomic mass is 35.5. The third kappa shape index (κ3) is 5.91. The van der Waals surface area contributed by atoms with Crippen LogP contribution in [0.5, 0.6) is 5.75 Å². The summed E-state index contributed by atoms with van der Waals surface area (Å²) in [5.41, 5.74) is 1.24. The zero-order valence-electron chi connectivity index (χ0n) is 12.9. The molecule has 0 radical (unpaired) electrons. The van der Waals surface area contributed by atoms with Gasteiger partial charge in [-0.25, -0.2) is 4.39 Å². The van der Waals surface area contributed by atoms with Gasteiger partial charge < -0.3 is 10.1 Å². The average Bonchev–Trinajstić information content (AvgIpc) is 2.53. The molecule has 2 aromatic carbocycles. The molecule has 3 nitrogen and oxygen atoms in total. The Morgan fingerprint density at radius 2 is 2.00 bits per heavy atom. The Labute approximate surface area is 140 Å². The van der Waals surface area contributed by atoms with E-state index in [-0.39, 0.29) is 23.6 Å². The van der Waals surface area contributed by atoms with Gasteiger partial charge in [0.15, 0.2) is 6.61 Å². The van der Waals surface area contributed by atoms with Crippen LogP contribution in [0.2, 0.25) is 5.02 Å². The van der Waals surface area contributed by atoms with Crippen molar-refractivity contribution in [3.63, 3.8) is 0 Å². The standard InChI is InChI=1S/C18H19ClFNO2/c1-13(7-8-14-5-3-2-4-6-14)21-18(22)12-23-17-10-9-15(20)11-16(17)19/h2-6,9-11,13H,7-8,12H2,1H3,(H,21,22)/t13-/m1/s1. The third-order valence-electron chi connectivity index (χ3n) is 3.37. The summed E-state index contributed by atoms with van der Waals surface area (Å²) in [5.74, 6) is -0.382. The molecule has 0 bridgehead atoms. The minimum Gasteiger partial charge on any atom is -0.482 e. The van der Waals surface area contributed by atoms with E-state index in [9.17, 15) is 9.18 Å². The predicted octanol–water partition coefficient (Wildman–Crippen LogP) is 4.00. The number of rotatable bonds is 7. The minimum absolute atomic E-state index is 0.0370. The zero-order chi connectivity index (χ0) is 16.7. The SMILES string of the molecule is C[C@H](CCc1ccccc1)NC(=O)COc1ccc(F)cc1Cl. The Balaban J connectivity index is 1.73. The van der Waals surface area contributed by atoms with Crippen LogP contribution in [0.25, 0.3) is 0 Å². The van der Waals surface area contributed by atoms with Gasteiger partial charge >= 0.3 is 0 Å². The van der Waals surface area contributed by atoms with Crippen LogP contribution in [0.1, 0.15) is 18.9 Å². The fraction of sp³-hybridized carbons (Fsp3) is 0.278. The van der Waals surface area contributed by atoms with Crippen molar-refractivity contribution in [3.8, 4) is 5.75 Å². The topological polar surface area (TPSA) is 38.3 Å². The molecular formula is C18H19ClFNO2. The Bertz CT molecular complexity index is 649. The molecule has 0 aliphatic heterocycles. The first-order chi connectivity index (χ1) is 11.0. The van der Waals surface area contributed by atoms with Crippen LogP contribution in [0, 0.1) is 5.82 Å². The first-order valence-electron chi connectivity index (χ1n) is 7.45. The molecule has 1 amide bonds. The van der Waals surface area contributed by atoms with Gasteiger partial charge in [0.05, 0.1) is 5.02 Å². The van der Waals surface area contributed by atoms with E-state index >= 15 is 0 Å². The zero-order valence-corrected chi connectivity index (χ0v) is 13.6. The summed E-state index contributed by atoms with van der Waals surface area (Å²) >= 11 is 5.84. The predicted molar refractivity (Wildman–Crippen MR) is 89.3 cm³/mol. The lowest BCUT2D eigenvalue weighted by Gasteiger charge is -2.14. The maximum Gasteiger partial charge on any atom is 0.258 e. The summed E-state index contributed by atoms with van der Waals surface area (Å²) in [6, 6.07) is 13.9. The van der Waals surface area contributed by atoms with Crippen molar-refractivity contribution < 1.29 is 13.9 Å². The summed E-state index contributed by atoms with van der Waals surface area (Å²) in [5, 5.41) is 3.02. The van der Waals surface area contributed by atoms with Crippen LogP contribution in [0.15, 0.2) is 48.5 Å². The molecule has 0 saturated carbocycles. The average molecular weight is 336 g/mol. The van der Waals surface area contributed by atoms with Crippen molar-refractivity contribution in [2.45, 2.75) is 25.8 Å². The first-order valence-corrected chi connectivity index (χ1v) is 7.83. The van der Waals surface area contributed by atoms with Crippen molar-refractivity contribution in [2.75, 3.05) is 6.61 Å². The number of halogens is 2. The second kappa shape index (κ2) is 8.53. The number of ether oxygens (including phenoxy) is 1. The van der Waals surface area contributed by atoms with Crippen molar-refractivity contribution >= 4 is 17.5 Å². The van der Waals surface area contributed by atoms with Crippen molar-refractivity contribution in [1.82, 2.24) is 5.32 Å². The molecule has 122 valence electrons. The molecule has 0 fully saturated rings. The highest BCUT2D eigenvalue weighted by Crippen LogP contribution is 2.24. The van der Waals surface area contributed by atoms with Gasteiger partial charge in [0, 0.05) is 6.04 Å². The Kier molecular flexibility index (Phi) is 6.41. The molecule has 0 heterocycles. The van der Waals surface area contributed by atoms with Crippen LogP contribution in [-0.4, -0.2) is 18.6 Å². The van der Waals surface area contributed by atoms with E-state index < -0.39 is 5.82 Å². The number of carbonyl (C=O) groups is 1. The molecule has 0 saturated heterocycles. The van der Waals surface area contributed by atoms with Crippen LogP contribution >= 0.6 is 11.6 Å². The van der Waals surface area contributed by atoms with Gasteiger partial charge in [0.25, 0.3) is 5.91 Å². The lowest BCUT2D eigenvalue weighted by atomic mass is 10.1. The molecule has 2 aromatic rings. The van der Waals surface area contributed by atoms with Crippen molar-refractivity contribution in [3.05, 3.63) is 64.9 Å². The highest BCUT2D eigenvalue weighted by molar-refractivity contribution is 6.32. The Hall–Kier alpha value is -2.07. The Morgan fingerprint density at radius 1 is 1.26 bits per heavy atom. The van der Waals surface area contributed by atoms with Crippen LogP contribution in [0.3, 0.4) is 0 Å². The van der Waals surface area contributed by atoms with Crippen molar-refractivity contribution in [1.29, 1.82) is 0 Å². The van der Waals surface area contributed by atoms with Gasteiger partial charge in [0.2, 0.25) is 0 Å². The lowest BCUT2D eigenvalue weighted by molar-refractivity contribution is -0.123. The van der Waals surface area contributed by atoms with Crippen molar-refractivity contribution in [2.24, 2.45) is 0 Å². The van der Waals surface area contributed by atoms with Crippen LogP contribution < -0.4 is 10.1 Å². The molecule has 0 unspecified atom stereocenters. The molecule has 0 spiro atoms. The maximum absolute atomic E-state index is 12.9. The van der Waals surface area contributed by atoms with Gasteiger partial charge in [-0.2, -0.15) is 0 Å². The Morgan fingerprint density at radius 3 is 2.70 bits per heavy atom. The molecule has 2 rings (SSSR count). The van der Waals surface area contributed by atoms with Gasteiger partial charge in [-0.1, -0.05) is 41.9 Å². The number of aryl methyl sites for hydroxylation is 1. The largest absolute Gasteiger partial charge is 0.482 e. The normalized spacial score (nSPS) is 11.8. The van der Waals surface area contributed by atoms with E-state index in [1.54, 1.807) is 0 Å². The molecule has 0 aromatic heterocycles. The quantitative estimate of drug-likeness (QED) is 0.830. The molecular weight excluding hydrogens is 317 g/mol. The molecule has 1 atom stereocenters. The number of carbonyl (C=O) groups excluding carboxylic acids is 1. The van der Waals surface area contributed by atoms with Gasteiger partial charge in [-0.05, 0) is 43.5 Å². The van der Waals surface area contributed by atoms with E-state index in [0.717, 1.165) is 18.9 Å². The molecule has 5 heteroatoms. The van der Waals surface area contributed by atoms with E-state index in [1.165, 1.54) is 17.7 Å². The van der Waals surface area contributed by atoms with Gasteiger partial charge in [0.1, 0.15) is 11.6 Å². The molecule has 0 aliphatic carbocycles. The minimum atomic E-state index is -0.443. The fourth-order valence-corrected chi connectivity index (χ4v) is 2.37. The second-order valence-corrected chi connectivity index (χ2v) is 5.76. The van der Waals surface area contributed by atoms with Crippen LogP contribution in [-0.2, 0) is 11.2 Å². The molecule has 1 N–H and O–H groups in total. The summed E-state index contributed by atoms with van der Waals surface area (Å²) in [7, 11) is 0. The molecule has 0 aliphatic rings. The monoisotopic (exact) mass is 335 g/mol. The first kappa shape index (κ1) is 17.3. The second-order valence-electron chi connectivity index (χ2n) is 5.36. The highest BCUT2D eigenvalue weighted by Gasteiger charge is 2.10. The van der Waals surface area contributed by atoms with Gasteiger partial charge in [-0.3, -0.25) is 4.79 Å². The van der Waals surface area contributed by atoms with E-state index in [1.807, 2.05) is 25.1 Å². The fourth-order valence-electron chi connectivity index (χ4n) is 2.15. The maximum atomic E-state index is 12.9.